The van der Waals surface area contributed by atoms with Gasteiger partial charge in [0.2, 0.25) is 0 Å². The second-order valence-corrected chi connectivity index (χ2v) is 5.32. The number of aromatic nitrogens is 2. The van der Waals surface area contributed by atoms with E-state index in [-0.39, 0.29) is 18.5 Å². The minimum absolute atomic E-state index is 0.00683. The van der Waals surface area contributed by atoms with Gasteiger partial charge >= 0.3 is 5.97 Å². The average molecular weight is 333 g/mol. The molecule has 0 aliphatic rings. The second kappa shape index (κ2) is 7.72. The predicted octanol–water partition coefficient (Wildman–Crippen LogP) is 2.48. The molecule has 6 nitrogen and oxygen atoms in total. The van der Waals surface area contributed by atoms with Crippen molar-refractivity contribution in [3.8, 4) is 11.3 Å². The van der Waals surface area contributed by atoms with E-state index in [2.05, 4.69) is 10.4 Å². The van der Waals surface area contributed by atoms with Crippen LogP contribution in [0.5, 0.6) is 0 Å². The number of nitrogens with one attached hydrogen (secondary N) is 1. The van der Waals surface area contributed by atoms with E-state index in [1.165, 1.54) is 6.07 Å². The van der Waals surface area contributed by atoms with Crippen molar-refractivity contribution in [1.29, 1.82) is 0 Å². The summed E-state index contributed by atoms with van der Waals surface area (Å²) in [7, 11) is 0. The molecule has 2 N–H and O–H groups in total. The first-order valence-electron chi connectivity index (χ1n) is 7.81. The molecule has 0 fully saturated rings. The third-order valence-corrected chi connectivity index (χ3v) is 3.65. The van der Waals surface area contributed by atoms with Crippen molar-refractivity contribution < 1.29 is 19.1 Å². The van der Waals surface area contributed by atoms with Gasteiger partial charge in [0, 0.05) is 24.2 Å². The Morgan fingerprint density at radius 1 is 1.29 bits per heavy atom. The smallest absolute Gasteiger partial charge is 0.305 e. The molecule has 2 rings (SSSR count). The zero-order valence-electron chi connectivity index (χ0n) is 13.7. The van der Waals surface area contributed by atoms with Crippen LogP contribution in [0, 0.1) is 5.82 Å². The summed E-state index contributed by atoms with van der Waals surface area (Å²) in [5.74, 6) is -2.03. The maximum absolute atomic E-state index is 14.0. The number of carbonyl (C=O) groups is 2. The normalized spacial score (nSPS) is 10.6. The molecule has 24 heavy (non-hydrogen) atoms. The molecule has 0 spiro atoms. The number of carbonyl (C=O) groups excluding carboxylic acids is 1. The zero-order chi connectivity index (χ0) is 17.7. The number of hydrogen-bond acceptors (Lipinski definition) is 3. The van der Waals surface area contributed by atoms with Gasteiger partial charge in [0.25, 0.3) is 5.91 Å². The van der Waals surface area contributed by atoms with Crippen molar-refractivity contribution in [1.82, 2.24) is 15.1 Å². The monoisotopic (exact) mass is 333 g/mol. The molecule has 2 aromatic rings. The maximum atomic E-state index is 14.0. The van der Waals surface area contributed by atoms with Crippen LogP contribution in [0.2, 0.25) is 0 Å². The van der Waals surface area contributed by atoms with Crippen LogP contribution in [0.15, 0.2) is 24.4 Å². The molecule has 1 heterocycles. The van der Waals surface area contributed by atoms with Crippen LogP contribution in [-0.4, -0.2) is 33.3 Å². The lowest BCUT2D eigenvalue weighted by atomic mass is 10.0. The van der Waals surface area contributed by atoms with Crippen LogP contribution < -0.4 is 5.32 Å². The lowest BCUT2D eigenvalue weighted by molar-refractivity contribution is -0.136. The van der Waals surface area contributed by atoms with Crippen LogP contribution in [0.1, 0.15) is 36.2 Å². The zero-order valence-corrected chi connectivity index (χ0v) is 13.7. The first-order valence-corrected chi connectivity index (χ1v) is 7.81. The van der Waals surface area contributed by atoms with Crippen molar-refractivity contribution in [2.75, 3.05) is 6.54 Å². The van der Waals surface area contributed by atoms with E-state index < -0.39 is 17.7 Å². The molecule has 0 aliphatic heterocycles. The summed E-state index contributed by atoms with van der Waals surface area (Å²) in [6.45, 7) is 4.55. The third-order valence-electron chi connectivity index (χ3n) is 3.65. The Morgan fingerprint density at radius 2 is 2.04 bits per heavy atom. The Balaban J connectivity index is 2.34. The second-order valence-electron chi connectivity index (χ2n) is 5.32. The quantitative estimate of drug-likeness (QED) is 0.815. The van der Waals surface area contributed by atoms with Gasteiger partial charge in [0.15, 0.2) is 0 Å². The number of carboxylic acid groups (broad SMARTS) is 1. The van der Waals surface area contributed by atoms with E-state index in [4.69, 9.17) is 5.11 Å². The summed E-state index contributed by atoms with van der Waals surface area (Å²) in [5, 5.41) is 15.4. The molecule has 1 amide bonds. The number of aryl methyl sites for hydroxylation is 2. The molecule has 0 unspecified atom stereocenters. The standard InChI is InChI=1S/C17H20FN3O3/c1-3-11-10-20-21(4-2)16(11)12-7-13(9-14(18)8-12)17(24)19-6-5-15(22)23/h7-10H,3-6H2,1-2H3,(H,19,24)(H,22,23). The Kier molecular flexibility index (Phi) is 5.68. The van der Waals surface area contributed by atoms with E-state index in [1.807, 2.05) is 13.8 Å². The molecule has 0 saturated carbocycles. The predicted molar refractivity (Wildman–Crippen MR) is 87.3 cm³/mol. The van der Waals surface area contributed by atoms with Gasteiger partial charge < -0.3 is 10.4 Å². The Labute approximate surface area is 139 Å². The van der Waals surface area contributed by atoms with Gasteiger partial charge in [-0.3, -0.25) is 14.3 Å². The van der Waals surface area contributed by atoms with Gasteiger partial charge in [0.05, 0.1) is 18.3 Å². The summed E-state index contributed by atoms with van der Waals surface area (Å²) in [6, 6.07) is 4.11. The average Bonchev–Trinajstić information content (AvgIpc) is 2.96. The molecule has 1 aromatic carbocycles. The molecule has 0 radical (unpaired) electrons. The molecule has 128 valence electrons. The molecule has 0 bridgehead atoms. The van der Waals surface area contributed by atoms with Crippen molar-refractivity contribution in [2.24, 2.45) is 0 Å². The first-order chi connectivity index (χ1) is 11.5. The van der Waals surface area contributed by atoms with E-state index in [0.717, 1.165) is 23.7 Å². The van der Waals surface area contributed by atoms with Crippen LogP contribution in [0.4, 0.5) is 4.39 Å². The fraction of sp³-hybridized carbons (Fsp3) is 0.353. The number of hydrogen-bond donors (Lipinski definition) is 2. The highest BCUT2D eigenvalue weighted by Crippen LogP contribution is 2.26. The van der Waals surface area contributed by atoms with Gasteiger partial charge in [-0.15, -0.1) is 0 Å². The fourth-order valence-electron chi connectivity index (χ4n) is 2.50. The number of nitrogens with zero attached hydrogens (tertiary/aromatic N) is 2. The Hall–Kier alpha value is -2.70. The van der Waals surface area contributed by atoms with Crippen molar-refractivity contribution >= 4 is 11.9 Å². The third kappa shape index (κ3) is 3.98. The number of carboxylic acids is 1. The minimum atomic E-state index is -1.00. The highest BCUT2D eigenvalue weighted by molar-refractivity contribution is 5.95. The highest BCUT2D eigenvalue weighted by Gasteiger charge is 2.15. The summed E-state index contributed by atoms with van der Waals surface area (Å²) < 4.78 is 15.8. The Morgan fingerprint density at radius 3 is 2.67 bits per heavy atom. The largest absolute Gasteiger partial charge is 0.481 e. The first kappa shape index (κ1) is 17.7. The summed E-state index contributed by atoms with van der Waals surface area (Å²) in [4.78, 5) is 22.6. The number of halogens is 1. The number of aliphatic carboxylic acids is 1. The summed E-state index contributed by atoms with van der Waals surface area (Å²) in [5.41, 5.74) is 2.50. The van der Waals surface area contributed by atoms with E-state index in [0.29, 0.717) is 12.1 Å². The summed E-state index contributed by atoms with van der Waals surface area (Å²) >= 11 is 0. The fourth-order valence-corrected chi connectivity index (χ4v) is 2.50. The Bertz CT molecular complexity index is 734. The van der Waals surface area contributed by atoms with Crippen LogP contribution in [0.25, 0.3) is 11.3 Å². The van der Waals surface area contributed by atoms with Gasteiger partial charge in [-0.25, -0.2) is 4.39 Å². The van der Waals surface area contributed by atoms with Crippen molar-refractivity contribution in [3.63, 3.8) is 0 Å². The maximum Gasteiger partial charge on any atom is 0.305 e. The lowest BCUT2D eigenvalue weighted by Crippen LogP contribution is -2.26. The summed E-state index contributed by atoms with van der Waals surface area (Å²) in [6.07, 6.45) is 2.30. The van der Waals surface area contributed by atoms with Gasteiger partial charge in [-0.1, -0.05) is 6.92 Å². The van der Waals surface area contributed by atoms with Crippen LogP contribution in [0.3, 0.4) is 0 Å². The minimum Gasteiger partial charge on any atom is -0.481 e. The molecular weight excluding hydrogens is 313 g/mol. The molecule has 7 heteroatoms. The number of rotatable bonds is 7. The molecule has 0 aliphatic carbocycles. The molecule has 0 saturated heterocycles. The lowest BCUT2D eigenvalue weighted by Gasteiger charge is -2.10. The van der Waals surface area contributed by atoms with E-state index >= 15 is 0 Å². The van der Waals surface area contributed by atoms with Crippen LogP contribution in [-0.2, 0) is 17.8 Å². The van der Waals surface area contributed by atoms with Gasteiger partial charge in [-0.05, 0) is 37.1 Å². The SMILES string of the molecule is CCc1cnn(CC)c1-c1cc(F)cc(C(=O)NCCC(=O)O)c1. The van der Waals surface area contributed by atoms with Crippen LogP contribution >= 0.6 is 0 Å². The highest BCUT2D eigenvalue weighted by atomic mass is 19.1. The van der Waals surface area contributed by atoms with Gasteiger partial charge in [-0.2, -0.15) is 5.10 Å². The van der Waals surface area contributed by atoms with Crippen molar-refractivity contribution in [2.45, 2.75) is 33.2 Å². The van der Waals surface area contributed by atoms with Gasteiger partial charge in [0.1, 0.15) is 5.82 Å². The molecule has 1 aromatic heterocycles. The number of amides is 1. The van der Waals surface area contributed by atoms with E-state index in [9.17, 15) is 14.0 Å². The topological polar surface area (TPSA) is 84.2 Å². The molecular formula is C17H20FN3O3. The van der Waals surface area contributed by atoms with E-state index in [1.54, 1.807) is 16.9 Å². The molecule has 0 atom stereocenters. The number of benzene rings is 1. The van der Waals surface area contributed by atoms with Crippen molar-refractivity contribution in [3.05, 3.63) is 41.3 Å².